The van der Waals surface area contributed by atoms with Crippen molar-refractivity contribution in [3.8, 4) is 0 Å². The Bertz CT molecular complexity index is 1780. The van der Waals surface area contributed by atoms with Crippen LogP contribution in [0.15, 0.2) is 63.9 Å². The van der Waals surface area contributed by atoms with Crippen molar-refractivity contribution in [1.82, 2.24) is 14.5 Å². The van der Waals surface area contributed by atoms with Gasteiger partial charge in [0.15, 0.2) is 5.69 Å². The zero-order valence-electron chi connectivity index (χ0n) is 22.3. The highest BCUT2D eigenvalue weighted by atomic mass is 79.9. The van der Waals surface area contributed by atoms with Gasteiger partial charge in [0.05, 0.1) is 11.4 Å². The van der Waals surface area contributed by atoms with E-state index in [4.69, 9.17) is 0 Å². The summed E-state index contributed by atoms with van der Waals surface area (Å²) in [5.41, 5.74) is 6.67. The fourth-order valence-corrected chi connectivity index (χ4v) is 8.56. The molecule has 2 aromatic carbocycles. The van der Waals surface area contributed by atoms with E-state index in [1.165, 1.54) is 11.3 Å². The number of halogens is 1. The van der Waals surface area contributed by atoms with Crippen LogP contribution in [0, 0.1) is 17.0 Å². The monoisotopic (exact) mass is 615 g/mol. The molecule has 0 spiro atoms. The molecule has 8 rings (SSSR count). The van der Waals surface area contributed by atoms with Crippen LogP contribution in [-0.4, -0.2) is 44.7 Å². The third-order valence-electron chi connectivity index (χ3n) is 9.84. The number of quaternary nitrogens is 1. The first-order valence-corrected chi connectivity index (χ1v) is 15.1. The van der Waals surface area contributed by atoms with E-state index in [-0.39, 0.29) is 40.9 Å². The Morgan fingerprint density at radius 2 is 1.98 bits per heavy atom. The highest BCUT2D eigenvalue weighted by Crippen LogP contribution is 2.48. The Balaban J connectivity index is 1.19. The fraction of sp³-hybridized carbons (Fsp3) is 0.355. The Morgan fingerprint density at radius 1 is 1.12 bits per heavy atom. The molecule has 210 valence electrons. The number of hydrogen-bond donors (Lipinski definition) is 3. The third kappa shape index (κ3) is 3.85. The van der Waals surface area contributed by atoms with Gasteiger partial charge in [-0.2, -0.15) is 5.23 Å². The van der Waals surface area contributed by atoms with Crippen LogP contribution in [0.2, 0.25) is 0 Å². The van der Waals surface area contributed by atoms with E-state index in [0.29, 0.717) is 32.6 Å². The van der Waals surface area contributed by atoms with Crippen LogP contribution in [0.25, 0.3) is 10.9 Å². The number of rotatable bonds is 2. The molecular weight excluding hydrogens is 586 g/mol. The van der Waals surface area contributed by atoms with Gasteiger partial charge in [0.2, 0.25) is 5.91 Å². The molecule has 5 atom stereocenters. The number of carbonyl (C=O) groups is 1. The number of nitrogens with zero attached hydrogens (tertiary/aromatic N) is 3. The molecule has 0 aliphatic carbocycles. The van der Waals surface area contributed by atoms with Gasteiger partial charge in [-0.05, 0) is 58.5 Å². The number of para-hydroxylation sites is 1. The molecule has 2 aromatic heterocycles. The van der Waals surface area contributed by atoms with Crippen LogP contribution in [-0.2, 0) is 30.7 Å². The van der Waals surface area contributed by atoms with E-state index >= 15 is 0 Å². The average molecular weight is 617 g/mol. The molecule has 4 aromatic rings. The molecule has 9 nitrogen and oxygen atoms in total. The van der Waals surface area contributed by atoms with Crippen LogP contribution in [0.1, 0.15) is 34.9 Å². The lowest BCUT2D eigenvalue weighted by atomic mass is 9.69. The smallest absolute Gasteiger partial charge is 0.250 e. The number of pyridine rings is 1. The lowest BCUT2D eigenvalue weighted by molar-refractivity contribution is -0.991. The Hall–Kier alpha value is -3.44. The number of aromatic nitrogens is 2. The standard InChI is InChI=1S/C31H30BrN5O4/c32-24-4-1-3-21-23-16-34(10-9-25(23)33-29(21)24)31(39)22-13-17-12-20(37(40)41)7-8-27(17)36-14-18-11-19(30(22)36)15-35-26(18)5-2-6-28(35)38/h1-8,12,18-19,22,30,33,37,40H,9-11,13-16H2. The van der Waals surface area contributed by atoms with Crippen molar-refractivity contribution >= 4 is 44.1 Å². The number of anilines is 1. The Kier molecular flexibility index (Phi) is 5.73. The number of aromatic amines is 1. The van der Waals surface area contributed by atoms with Crippen molar-refractivity contribution in [1.29, 1.82) is 0 Å². The highest BCUT2D eigenvalue weighted by molar-refractivity contribution is 9.10. The zero-order chi connectivity index (χ0) is 28.0. The number of benzene rings is 2. The van der Waals surface area contributed by atoms with Crippen molar-refractivity contribution in [2.45, 2.75) is 44.3 Å². The lowest BCUT2D eigenvalue weighted by Gasteiger charge is -2.54. The molecule has 6 heterocycles. The Labute approximate surface area is 244 Å². The first-order valence-electron chi connectivity index (χ1n) is 14.3. The van der Waals surface area contributed by atoms with Crippen molar-refractivity contribution in [3.05, 3.63) is 97.1 Å². The summed E-state index contributed by atoms with van der Waals surface area (Å²) in [6.45, 7) is 2.48. The van der Waals surface area contributed by atoms with Crippen LogP contribution < -0.4 is 15.7 Å². The number of nitrogens with one attached hydrogen (secondary N) is 2. The number of amides is 1. The highest BCUT2D eigenvalue weighted by Gasteiger charge is 2.50. The van der Waals surface area contributed by atoms with Gasteiger partial charge in [-0.25, -0.2) is 5.21 Å². The molecule has 1 saturated heterocycles. The predicted molar refractivity (Wildman–Crippen MR) is 157 cm³/mol. The number of piperidine rings is 1. The molecule has 5 unspecified atom stereocenters. The minimum atomic E-state index is -0.962. The van der Waals surface area contributed by atoms with Crippen molar-refractivity contribution in [2.75, 3.05) is 18.0 Å². The molecule has 1 fully saturated rings. The normalized spacial score (nSPS) is 25.2. The second-order valence-corrected chi connectivity index (χ2v) is 12.8. The fourth-order valence-electron chi connectivity index (χ4n) is 8.10. The van der Waals surface area contributed by atoms with Crippen LogP contribution in [0.4, 0.5) is 11.4 Å². The van der Waals surface area contributed by atoms with Gasteiger partial charge in [-0.3, -0.25) is 9.59 Å². The molecule has 41 heavy (non-hydrogen) atoms. The molecule has 3 N–H and O–H groups in total. The van der Waals surface area contributed by atoms with Gasteiger partial charge in [0.1, 0.15) is 0 Å². The van der Waals surface area contributed by atoms with Crippen LogP contribution in [0.5, 0.6) is 0 Å². The van der Waals surface area contributed by atoms with Crippen molar-refractivity contribution in [3.63, 3.8) is 0 Å². The number of fused-ring (bicyclic) bond motifs is 11. The molecule has 2 bridgehead atoms. The maximum Gasteiger partial charge on any atom is 0.250 e. The summed E-state index contributed by atoms with van der Waals surface area (Å²) >= 11 is 3.66. The van der Waals surface area contributed by atoms with E-state index in [9.17, 15) is 20.0 Å². The predicted octanol–water partition coefficient (Wildman–Crippen LogP) is 3.25. The summed E-state index contributed by atoms with van der Waals surface area (Å²) in [4.78, 5) is 35.3. The third-order valence-corrected chi connectivity index (χ3v) is 10.5. The number of H-pyrrole nitrogens is 1. The number of carbonyl (C=O) groups excluding carboxylic acids is 1. The molecule has 1 amide bonds. The summed E-state index contributed by atoms with van der Waals surface area (Å²) in [6, 6.07) is 17.0. The molecule has 10 heteroatoms. The van der Waals surface area contributed by atoms with Crippen molar-refractivity contribution < 1.29 is 15.2 Å². The molecular formula is C31H30BrN5O4. The van der Waals surface area contributed by atoms with Gasteiger partial charge in [0, 0.05) is 95.3 Å². The summed E-state index contributed by atoms with van der Waals surface area (Å²) < 4.78 is 2.93. The van der Waals surface area contributed by atoms with E-state index in [1.807, 2.05) is 33.7 Å². The van der Waals surface area contributed by atoms with E-state index < -0.39 is 5.23 Å². The number of hydrogen-bond acceptors (Lipinski definition) is 5. The molecule has 4 aliphatic heterocycles. The first-order chi connectivity index (χ1) is 19.9. The summed E-state index contributed by atoms with van der Waals surface area (Å²) in [5.74, 6) is 0.122. The topological polar surface area (TPSA) is 109 Å². The Morgan fingerprint density at radius 3 is 2.83 bits per heavy atom. The summed E-state index contributed by atoms with van der Waals surface area (Å²) in [5, 5.41) is 21.7. The summed E-state index contributed by atoms with van der Waals surface area (Å²) in [6.07, 6.45) is 2.20. The molecule has 0 saturated carbocycles. The quantitative estimate of drug-likeness (QED) is 0.300. The maximum absolute atomic E-state index is 14.5. The SMILES string of the molecule is O=C(C1Cc2cc([NH+]([O-])O)ccc2N2CC3CC(Cn4c3cccc4=O)C12)N1CCc2[nH]c3c(Br)cccc3c2C1. The van der Waals surface area contributed by atoms with Crippen LogP contribution in [0.3, 0.4) is 0 Å². The van der Waals surface area contributed by atoms with Gasteiger partial charge in [0.25, 0.3) is 5.56 Å². The lowest BCUT2D eigenvalue weighted by Crippen LogP contribution is -2.99. The second kappa shape index (κ2) is 9.29. The average Bonchev–Trinajstić information content (AvgIpc) is 3.36. The van der Waals surface area contributed by atoms with E-state index in [0.717, 1.165) is 45.2 Å². The van der Waals surface area contributed by atoms with Gasteiger partial charge < -0.3 is 24.6 Å². The molecule has 4 aliphatic rings. The minimum absolute atomic E-state index is 0.0184. The van der Waals surface area contributed by atoms with Crippen molar-refractivity contribution in [2.24, 2.45) is 11.8 Å². The van der Waals surface area contributed by atoms with E-state index in [1.54, 1.807) is 18.2 Å². The minimum Gasteiger partial charge on any atom is -0.595 e. The molecule has 0 radical (unpaired) electrons. The van der Waals surface area contributed by atoms with Gasteiger partial charge >= 0.3 is 0 Å². The maximum atomic E-state index is 14.5. The van der Waals surface area contributed by atoms with E-state index in [2.05, 4.69) is 37.9 Å². The second-order valence-electron chi connectivity index (χ2n) is 11.9. The first kappa shape index (κ1) is 25.3. The van der Waals surface area contributed by atoms with Gasteiger partial charge in [-0.15, -0.1) is 0 Å². The largest absolute Gasteiger partial charge is 0.595 e. The van der Waals surface area contributed by atoms with Crippen LogP contribution >= 0.6 is 15.9 Å². The van der Waals surface area contributed by atoms with Gasteiger partial charge in [-0.1, -0.05) is 18.2 Å². The summed E-state index contributed by atoms with van der Waals surface area (Å²) in [7, 11) is 0. The zero-order valence-corrected chi connectivity index (χ0v) is 23.9.